The van der Waals surface area contributed by atoms with E-state index >= 15 is 0 Å². The molecular weight excluding hydrogens is 558 g/mol. The maximum Gasteiger partial charge on any atom is 0.416 e. The minimum absolute atomic E-state index is 0.0241. The van der Waals surface area contributed by atoms with Gasteiger partial charge in [-0.2, -0.15) is 18.0 Å². The third-order valence-electron chi connectivity index (χ3n) is 6.64. The molecule has 0 bridgehead atoms. The van der Waals surface area contributed by atoms with Crippen molar-refractivity contribution in [3.63, 3.8) is 0 Å². The van der Waals surface area contributed by atoms with Crippen molar-refractivity contribution in [1.82, 2.24) is 35.0 Å². The zero-order valence-electron chi connectivity index (χ0n) is 23.4. The molecule has 14 heteroatoms. The van der Waals surface area contributed by atoms with Gasteiger partial charge < -0.3 is 14.4 Å². The highest BCUT2D eigenvalue weighted by Gasteiger charge is 2.31. The lowest BCUT2D eigenvalue weighted by Gasteiger charge is -2.39. The van der Waals surface area contributed by atoms with Gasteiger partial charge in [0.2, 0.25) is 5.91 Å². The Morgan fingerprint density at radius 2 is 1.95 bits per heavy atom. The number of carbonyl (C=O) groups excluding carboxylic acids is 1. The molecule has 1 amide bonds. The second-order valence-electron chi connectivity index (χ2n) is 9.86. The molecule has 1 fully saturated rings. The zero-order valence-corrected chi connectivity index (χ0v) is 23.4. The molecule has 3 aromatic rings. The second kappa shape index (κ2) is 14.3. The highest BCUT2D eigenvalue weighted by molar-refractivity contribution is 5.92. The van der Waals surface area contributed by atoms with E-state index in [1.54, 1.807) is 18.0 Å². The van der Waals surface area contributed by atoms with Crippen LogP contribution >= 0.6 is 0 Å². The van der Waals surface area contributed by atoms with Crippen LogP contribution in [-0.2, 0) is 28.8 Å². The van der Waals surface area contributed by atoms with Gasteiger partial charge in [0.15, 0.2) is 5.82 Å². The van der Waals surface area contributed by atoms with E-state index in [0.29, 0.717) is 62.1 Å². The van der Waals surface area contributed by atoms with Crippen LogP contribution in [0.25, 0.3) is 6.08 Å². The van der Waals surface area contributed by atoms with Gasteiger partial charge in [-0.3, -0.25) is 14.7 Å². The Labute approximate surface area is 240 Å². The van der Waals surface area contributed by atoms with Gasteiger partial charge >= 0.3 is 6.18 Å². The van der Waals surface area contributed by atoms with Gasteiger partial charge in [0.05, 0.1) is 37.2 Å². The molecule has 226 valence electrons. The molecular formula is C28H33F4N7O3. The Kier molecular flexibility index (Phi) is 10.6. The molecule has 0 N–H and O–H groups in total. The lowest BCUT2D eigenvalue weighted by Crippen LogP contribution is -2.53. The number of alkyl halides is 4. The Morgan fingerprint density at radius 3 is 2.62 bits per heavy atom. The predicted molar refractivity (Wildman–Crippen MR) is 145 cm³/mol. The van der Waals surface area contributed by atoms with Crippen molar-refractivity contribution in [2.75, 3.05) is 46.1 Å². The monoisotopic (exact) mass is 591 g/mol. The van der Waals surface area contributed by atoms with Crippen LogP contribution in [-0.4, -0.2) is 93.1 Å². The summed E-state index contributed by atoms with van der Waals surface area (Å²) in [6.07, 6.45) is 0.0441. The molecule has 0 saturated carbocycles. The third kappa shape index (κ3) is 8.79. The summed E-state index contributed by atoms with van der Waals surface area (Å²) in [6.45, 7) is 6.06. The lowest BCUT2D eigenvalue weighted by molar-refractivity contribution is -0.137. The average molecular weight is 592 g/mol. The van der Waals surface area contributed by atoms with Gasteiger partial charge in [-0.05, 0) is 60.5 Å². The molecule has 10 nitrogen and oxygen atoms in total. The molecule has 4 rings (SSSR count). The molecule has 1 aromatic carbocycles. The number of ether oxygens (including phenoxy) is 2. The van der Waals surface area contributed by atoms with Crippen molar-refractivity contribution < 1.29 is 31.8 Å². The zero-order chi connectivity index (χ0) is 30.1. The number of rotatable bonds is 12. The van der Waals surface area contributed by atoms with Crippen LogP contribution in [0.2, 0.25) is 0 Å². The summed E-state index contributed by atoms with van der Waals surface area (Å²) < 4.78 is 62.7. The Hall–Kier alpha value is -3.91. The number of halogens is 4. The van der Waals surface area contributed by atoms with Gasteiger partial charge in [0.25, 0.3) is 0 Å². The van der Waals surface area contributed by atoms with E-state index < -0.39 is 18.4 Å². The summed E-state index contributed by atoms with van der Waals surface area (Å²) in [5.41, 5.74) is 0.843. The fourth-order valence-electron chi connectivity index (χ4n) is 4.58. The number of carbonyl (C=O) groups is 1. The molecule has 1 aliphatic rings. The number of nitrogens with zero attached hydrogens (tertiary/aromatic N) is 7. The van der Waals surface area contributed by atoms with Crippen molar-refractivity contribution in [2.45, 2.75) is 39.2 Å². The molecule has 42 heavy (non-hydrogen) atoms. The van der Waals surface area contributed by atoms with E-state index in [4.69, 9.17) is 9.47 Å². The molecule has 3 heterocycles. The number of pyridine rings is 1. The summed E-state index contributed by atoms with van der Waals surface area (Å²) in [6, 6.07) is 6.99. The van der Waals surface area contributed by atoms with E-state index in [9.17, 15) is 22.4 Å². The number of hydrogen-bond donors (Lipinski definition) is 0. The molecule has 0 spiro atoms. The van der Waals surface area contributed by atoms with Gasteiger partial charge in [-0.1, -0.05) is 6.07 Å². The van der Waals surface area contributed by atoms with Crippen LogP contribution in [0.15, 0.2) is 42.6 Å². The van der Waals surface area contributed by atoms with E-state index in [1.807, 2.05) is 19.1 Å². The highest BCUT2D eigenvalue weighted by atomic mass is 19.4. The fraction of sp³-hybridized carbons (Fsp3) is 0.464. The number of tetrazole rings is 1. The van der Waals surface area contributed by atoms with Crippen molar-refractivity contribution >= 4 is 12.0 Å². The third-order valence-corrected chi connectivity index (χ3v) is 6.64. The SMILES string of the molecule is Cc1nnn(Cc2cc(C(F)(F)F)ccc2/C=C/C(=O)N2CCN(Cc3ccc(OCCOCCF)cn3)CC2C)n1. The first-order chi connectivity index (χ1) is 20.1. The standard InChI is InChI=1S/C28H33F4N7O3/c1-20-17-37(19-25-6-7-26(16-33-25)42-14-13-41-12-9-29)10-11-38(20)27(40)8-4-22-3-5-24(28(30,31)32)15-23(22)18-39-35-21(2)34-36-39/h3-8,15-16,20H,9-14,17-19H2,1-2H3/b8-4+. The molecule has 1 saturated heterocycles. The molecule has 1 unspecified atom stereocenters. The molecule has 2 aromatic heterocycles. The van der Waals surface area contributed by atoms with E-state index in [0.717, 1.165) is 17.8 Å². The number of aromatic nitrogens is 5. The van der Waals surface area contributed by atoms with Crippen LogP contribution in [0, 0.1) is 6.92 Å². The first-order valence-corrected chi connectivity index (χ1v) is 13.5. The molecule has 0 aliphatic carbocycles. The summed E-state index contributed by atoms with van der Waals surface area (Å²) in [7, 11) is 0. The van der Waals surface area contributed by atoms with Crippen LogP contribution < -0.4 is 4.74 Å². The van der Waals surface area contributed by atoms with Crippen molar-refractivity contribution in [1.29, 1.82) is 0 Å². The van der Waals surface area contributed by atoms with Gasteiger partial charge in [0.1, 0.15) is 19.0 Å². The van der Waals surface area contributed by atoms with Crippen LogP contribution in [0.3, 0.4) is 0 Å². The van der Waals surface area contributed by atoms with E-state index in [2.05, 4.69) is 25.3 Å². The Bertz CT molecular complexity index is 1350. The van der Waals surface area contributed by atoms with Crippen LogP contribution in [0.4, 0.5) is 17.6 Å². The highest BCUT2D eigenvalue weighted by Crippen LogP contribution is 2.31. The normalized spacial score (nSPS) is 16.3. The predicted octanol–water partition coefficient (Wildman–Crippen LogP) is 3.55. The summed E-state index contributed by atoms with van der Waals surface area (Å²) in [5, 5.41) is 11.7. The second-order valence-corrected chi connectivity index (χ2v) is 9.86. The number of amides is 1. The Morgan fingerprint density at radius 1 is 1.12 bits per heavy atom. The number of aryl methyl sites for hydroxylation is 1. The van der Waals surface area contributed by atoms with Crippen molar-refractivity contribution in [3.8, 4) is 5.75 Å². The first kappa shape index (κ1) is 31.0. The summed E-state index contributed by atoms with van der Waals surface area (Å²) >= 11 is 0. The van der Waals surface area contributed by atoms with Gasteiger partial charge in [0, 0.05) is 38.3 Å². The fourth-order valence-corrected chi connectivity index (χ4v) is 4.58. The minimum Gasteiger partial charge on any atom is -0.490 e. The first-order valence-electron chi connectivity index (χ1n) is 13.5. The van der Waals surface area contributed by atoms with Gasteiger partial charge in [-0.15, -0.1) is 10.2 Å². The summed E-state index contributed by atoms with van der Waals surface area (Å²) in [5.74, 6) is 0.775. The molecule has 1 atom stereocenters. The van der Waals surface area contributed by atoms with Crippen LogP contribution in [0.1, 0.15) is 35.1 Å². The average Bonchev–Trinajstić information content (AvgIpc) is 3.36. The number of piperazine rings is 1. The topological polar surface area (TPSA) is 98.5 Å². The van der Waals surface area contributed by atoms with Gasteiger partial charge in [-0.25, -0.2) is 4.39 Å². The quantitative estimate of drug-likeness (QED) is 0.179. The number of benzene rings is 1. The molecule has 1 aliphatic heterocycles. The Balaban J connectivity index is 1.33. The smallest absolute Gasteiger partial charge is 0.416 e. The van der Waals surface area contributed by atoms with Crippen LogP contribution in [0.5, 0.6) is 5.75 Å². The maximum atomic E-state index is 13.4. The van der Waals surface area contributed by atoms with Crippen molar-refractivity contribution in [2.24, 2.45) is 0 Å². The van der Waals surface area contributed by atoms with E-state index in [1.165, 1.54) is 23.0 Å². The molecule has 0 radical (unpaired) electrons. The van der Waals surface area contributed by atoms with Crippen molar-refractivity contribution in [3.05, 3.63) is 70.8 Å². The maximum absolute atomic E-state index is 13.4. The largest absolute Gasteiger partial charge is 0.490 e. The van der Waals surface area contributed by atoms with E-state index in [-0.39, 0.29) is 25.1 Å². The number of hydrogen-bond acceptors (Lipinski definition) is 8. The summed E-state index contributed by atoms with van der Waals surface area (Å²) in [4.78, 5) is 22.7. The minimum atomic E-state index is -4.51. The lowest BCUT2D eigenvalue weighted by atomic mass is 10.0.